The van der Waals surface area contributed by atoms with Crippen molar-refractivity contribution in [3.05, 3.63) is 0 Å². The maximum absolute atomic E-state index is 11.1. The second-order valence-corrected chi connectivity index (χ2v) is 3.22. The average molecular weight is 172 g/mol. The molecule has 1 fully saturated rings. The fourth-order valence-electron chi connectivity index (χ4n) is 1.37. The lowest BCUT2D eigenvalue weighted by atomic mass is 9.90. The Kier molecular flexibility index (Phi) is 3.49. The highest BCUT2D eigenvalue weighted by atomic mass is 16.5. The lowest BCUT2D eigenvalue weighted by Gasteiger charge is -2.29. The summed E-state index contributed by atoms with van der Waals surface area (Å²) >= 11 is 0. The molecule has 1 unspecified atom stereocenters. The van der Waals surface area contributed by atoms with E-state index < -0.39 is 0 Å². The monoisotopic (exact) mass is 172 g/mol. The van der Waals surface area contributed by atoms with Crippen LogP contribution in [0.15, 0.2) is 0 Å². The Morgan fingerprint density at radius 3 is 2.75 bits per heavy atom. The predicted molar refractivity (Wildman–Crippen MR) is 45.5 cm³/mol. The van der Waals surface area contributed by atoms with Crippen molar-refractivity contribution in [1.29, 1.82) is 0 Å². The molecule has 0 aromatic carbocycles. The van der Waals surface area contributed by atoms with Crippen LogP contribution in [0.25, 0.3) is 0 Å². The number of hydrogen-bond acceptors (Lipinski definition) is 4. The fraction of sp³-hybridized carbons (Fsp3) is 0.875. The van der Waals surface area contributed by atoms with Crippen molar-refractivity contribution >= 4 is 5.97 Å². The molecule has 4 heteroatoms. The van der Waals surface area contributed by atoms with Crippen molar-refractivity contribution in [3.8, 4) is 0 Å². The highest BCUT2D eigenvalue weighted by Gasteiger charge is 2.25. The van der Waals surface area contributed by atoms with Crippen molar-refractivity contribution in [2.45, 2.75) is 6.42 Å². The molecule has 1 rings (SSSR count). The van der Waals surface area contributed by atoms with Gasteiger partial charge in [-0.1, -0.05) is 0 Å². The standard InChI is InChI=1S/C8H16N2O2/c1-12-8(11)7(3-9)2-6-4-10-5-6/h6-7,10H,2-5,9H2,1H3. The van der Waals surface area contributed by atoms with Crippen molar-refractivity contribution in [2.75, 3.05) is 26.7 Å². The van der Waals surface area contributed by atoms with Crippen LogP contribution in [0.5, 0.6) is 0 Å². The van der Waals surface area contributed by atoms with Gasteiger partial charge in [0, 0.05) is 6.54 Å². The van der Waals surface area contributed by atoms with E-state index in [2.05, 4.69) is 10.1 Å². The van der Waals surface area contributed by atoms with Gasteiger partial charge in [0.25, 0.3) is 0 Å². The molecule has 1 atom stereocenters. The van der Waals surface area contributed by atoms with E-state index in [-0.39, 0.29) is 11.9 Å². The molecule has 4 nitrogen and oxygen atoms in total. The quantitative estimate of drug-likeness (QED) is 0.553. The van der Waals surface area contributed by atoms with Crippen LogP contribution in [0.4, 0.5) is 0 Å². The van der Waals surface area contributed by atoms with Gasteiger partial charge in [0.05, 0.1) is 13.0 Å². The zero-order valence-corrected chi connectivity index (χ0v) is 7.38. The molecule has 70 valence electrons. The van der Waals surface area contributed by atoms with E-state index in [4.69, 9.17) is 5.73 Å². The van der Waals surface area contributed by atoms with Gasteiger partial charge in [-0.15, -0.1) is 0 Å². The van der Waals surface area contributed by atoms with E-state index >= 15 is 0 Å². The summed E-state index contributed by atoms with van der Waals surface area (Å²) in [4.78, 5) is 11.1. The smallest absolute Gasteiger partial charge is 0.309 e. The molecular formula is C8H16N2O2. The van der Waals surface area contributed by atoms with Crippen molar-refractivity contribution in [2.24, 2.45) is 17.6 Å². The van der Waals surface area contributed by atoms with E-state index in [1.807, 2.05) is 0 Å². The third-order valence-electron chi connectivity index (χ3n) is 2.30. The normalized spacial score (nSPS) is 19.8. The zero-order chi connectivity index (χ0) is 8.97. The van der Waals surface area contributed by atoms with Crippen molar-refractivity contribution in [3.63, 3.8) is 0 Å². The van der Waals surface area contributed by atoms with Crippen LogP contribution in [0.1, 0.15) is 6.42 Å². The fourth-order valence-corrected chi connectivity index (χ4v) is 1.37. The lowest BCUT2D eigenvalue weighted by Crippen LogP contribution is -2.44. The van der Waals surface area contributed by atoms with Crippen LogP contribution >= 0.6 is 0 Å². The number of ether oxygens (including phenoxy) is 1. The molecule has 3 N–H and O–H groups in total. The minimum Gasteiger partial charge on any atom is -0.469 e. The van der Waals surface area contributed by atoms with E-state index in [1.54, 1.807) is 0 Å². The molecule has 1 aliphatic rings. The van der Waals surface area contributed by atoms with Crippen LogP contribution in [0.3, 0.4) is 0 Å². The van der Waals surface area contributed by atoms with E-state index in [0.717, 1.165) is 19.5 Å². The Morgan fingerprint density at radius 1 is 1.75 bits per heavy atom. The number of rotatable bonds is 4. The molecular weight excluding hydrogens is 156 g/mol. The Balaban J connectivity index is 2.28. The third-order valence-corrected chi connectivity index (χ3v) is 2.30. The molecule has 12 heavy (non-hydrogen) atoms. The molecule has 0 radical (unpaired) electrons. The van der Waals surface area contributed by atoms with Gasteiger partial charge in [-0.3, -0.25) is 4.79 Å². The lowest BCUT2D eigenvalue weighted by molar-refractivity contribution is -0.145. The van der Waals surface area contributed by atoms with Crippen LogP contribution in [0, 0.1) is 11.8 Å². The first kappa shape index (κ1) is 9.48. The van der Waals surface area contributed by atoms with Gasteiger partial charge in [-0.05, 0) is 25.4 Å². The summed E-state index contributed by atoms with van der Waals surface area (Å²) < 4.78 is 4.63. The molecule has 0 bridgehead atoms. The summed E-state index contributed by atoms with van der Waals surface area (Å²) in [5.74, 6) is 0.323. The predicted octanol–water partition coefficient (Wildman–Crippen LogP) is -0.656. The maximum atomic E-state index is 11.1. The summed E-state index contributed by atoms with van der Waals surface area (Å²) in [7, 11) is 1.41. The molecule has 0 spiro atoms. The number of nitrogens with two attached hydrogens (primary N) is 1. The third kappa shape index (κ3) is 2.19. The Morgan fingerprint density at radius 2 is 2.42 bits per heavy atom. The van der Waals surface area contributed by atoms with Gasteiger partial charge in [0.15, 0.2) is 0 Å². The average Bonchev–Trinajstić information content (AvgIpc) is 2.02. The van der Waals surface area contributed by atoms with Gasteiger partial charge < -0.3 is 15.8 Å². The number of esters is 1. The molecule has 1 saturated heterocycles. The molecule has 0 amide bonds. The molecule has 0 aliphatic carbocycles. The largest absolute Gasteiger partial charge is 0.469 e. The highest BCUT2D eigenvalue weighted by molar-refractivity contribution is 5.72. The van der Waals surface area contributed by atoms with Gasteiger partial charge in [-0.2, -0.15) is 0 Å². The summed E-state index contributed by atoms with van der Waals surface area (Å²) in [5, 5.41) is 3.15. The first-order valence-corrected chi connectivity index (χ1v) is 4.26. The number of carbonyl (C=O) groups excluding carboxylic acids is 1. The number of methoxy groups -OCH3 is 1. The maximum Gasteiger partial charge on any atom is 0.309 e. The summed E-state index contributed by atoms with van der Waals surface area (Å²) in [6, 6.07) is 0. The molecule has 0 saturated carbocycles. The topological polar surface area (TPSA) is 64.3 Å². The second-order valence-electron chi connectivity index (χ2n) is 3.22. The second kappa shape index (κ2) is 4.42. The van der Waals surface area contributed by atoms with Crippen LogP contribution in [-0.4, -0.2) is 32.7 Å². The van der Waals surface area contributed by atoms with Crippen LogP contribution < -0.4 is 11.1 Å². The van der Waals surface area contributed by atoms with Crippen LogP contribution in [0.2, 0.25) is 0 Å². The highest BCUT2D eigenvalue weighted by Crippen LogP contribution is 2.16. The zero-order valence-electron chi connectivity index (χ0n) is 7.38. The van der Waals surface area contributed by atoms with E-state index in [0.29, 0.717) is 12.5 Å². The molecule has 0 aromatic heterocycles. The Hall–Kier alpha value is -0.610. The summed E-state index contributed by atoms with van der Waals surface area (Å²) in [6.45, 7) is 2.41. The van der Waals surface area contributed by atoms with Gasteiger partial charge >= 0.3 is 5.97 Å². The summed E-state index contributed by atoms with van der Waals surface area (Å²) in [6.07, 6.45) is 0.857. The van der Waals surface area contributed by atoms with Crippen molar-refractivity contribution in [1.82, 2.24) is 5.32 Å². The van der Waals surface area contributed by atoms with Gasteiger partial charge in [0.1, 0.15) is 0 Å². The minimum absolute atomic E-state index is 0.109. The van der Waals surface area contributed by atoms with E-state index in [9.17, 15) is 4.79 Å². The van der Waals surface area contributed by atoms with Crippen molar-refractivity contribution < 1.29 is 9.53 Å². The van der Waals surface area contributed by atoms with Crippen LogP contribution in [-0.2, 0) is 9.53 Å². The Bertz CT molecular complexity index is 157. The first-order valence-electron chi connectivity index (χ1n) is 4.26. The number of carbonyl (C=O) groups is 1. The SMILES string of the molecule is COC(=O)C(CN)CC1CNC1. The molecule has 1 aliphatic heterocycles. The molecule has 1 heterocycles. The van der Waals surface area contributed by atoms with E-state index in [1.165, 1.54) is 7.11 Å². The minimum atomic E-state index is -0.176. The van der Waals surface area contributed by atoms with Gasteiger partial charge in [-0.25, -0.2) is 0 Å². The molecule has 0 aromatic rings. The van der Waals surface area contributed by atoms with Gasteiger partial charge in [0.2, 0.25) is 0 Å². The summed E-state index contributed by atoms with van der Waals surface area (Å²) in [5.41, 5.74) is 5.46. The number of nitrogens with one attached hydrogen (secondary N) is 1. The Labute approximate surface area is 72.5 Å². The number of hydrogen-bond donors (Lipinski definition) is 2. The first-order chi connectivity index (χ1) is 5.77.